The van der Waals surface area contributed by atoms with Gasteiger partial charge in [0.25, 0.3) is 0 Å². The molecular formula is C12H10O4. The average molecular weight is 218 g/mol. The molecule has 0 bridgehead atoms. The smallest absolute Gasteiger partial charge is 0.338 e. The maximum Gasteiger partial charge on any atom is 0.338 e. The fraction of sp³-hybridized carbons (Fsp3) is 0.0833. The molecule has 4 heteroatoms. The number of rotatable bonds is 3. The number of hydrogen-bond donors (Lipinski definition) is 1. The lowest BCUT2D eigenvalue weighted by Crippen LogP contribution is -1.91. The van der Waals surface area contributed by atoms with Gasteiger partial charge in [-0.25, -0.2) is 4.79 Å². The van der Waals surface area contributed by atoms with E-state index in [0.29, 0.717) is 11.5 Å². The number of methoxy groups -OCH3 is 1. The zero-order valence-electron chi connectivity index (χ0n) is 8.64. The molecule has 1 N–H and O–H groups in total. The number of hydrogen-bond acceptors (Lipinski definition) is 3. The Labute approximate surface area is 92.1 Å². The molecule has 0 saturated carbocycles. The van der Waals surface area contributed by atoms with Crippen molar-refractivity contribution >= 4 is 5.97 Å². The lowest BCUT2D eigenvalue weighted by atomic mass is 10.1. The molecule has 0 aliphatic heterocycles. The highest BCUT2D eigenvalue weighted by Gasteiger charge is 2.09. The number of carboxylic acids is 1. The van der Waals surface area contributed by atoms with Crippen LogP contribution < -0.4 is 4.74 Å². The van der Waals surface area contributed by atoms with Crippen LogP contribution in [0.1, 0.15) is 10.4 Å². The van der Waals surface area contributed by atoms with Gasteiger partial charge in [0.05, 0.1) is 12.7 Å². The van der Waals surface area contributed by atoms with Gasteiger partial charge in [0.1, 0.15) is 17.8 Å². The average Bonchev–Trinajstić information content (AvgIpc) is 2.78. The second kappa shape index (κ2) is 4.10. The van der Waals surface area contributed by atoms with E-state index in [2.05, 4.69) is 0 Å². The largest absolute Gasteiger partial charge is 0.497 e. The molecule has 0 aliphatic carbocycles. The van der Waals surface area contributed by atoms with Crippen molar-refractivity contribution in [3.8, 4) is 17.1 Å². The third-order valence-electron chi connectivity index (χ3n) is 2.20. The normalized spacial score (nSPS) is 10.1. The molecule has 0 aliphatic rings. The van der Waals surface area contributed by atoms with Gasteiger partial charge in [0, 0.05) is 5.56 Å². The molecule has 0 radical (unpaired) electrons. The first kappa shape index (κ1) is 10.3. The summed E-state index contributed by atoms with van der Waals surface area (Å²) in [6.45, 7) is 0. The van der Waals surface area contributed by atoms with Crippen molar-refractivity contribution in [3.63, 3.8) is 0 Å². The van der Waals surface area contributed by atoms with Crippen LogP contribution in [0.25, 0.3) is 11.3 Å². The summed E-state index contributed by atoms with van der Waals surface area (Å²) in [5, 5.41) is 8.76. The topological polar surface area (TPSA) is 59.7 Å². The predicted octanol–water partition coefficient (Wildman–Crippen LogP) is 2.65. The third-order valence-corrected chi connectivity index (χ3v) is 2.20. The molecule has 0 unspecified atom stereocenters. The molecule has 1 heterocycles. The number of carboxylic acid groups (broad SMARTS) is 1. The van der Waals surface area contributed by atoms with Crippen molar-refractivity contribution in [1.29, 1.82) is 0 Å². The Balaban J connectivity index is 2.38. The van der Waals surface area contributed by atoms with E-state index in [4.69, 9.17) is 14.3 Å². The molecular weight excluding hydrogens is 208 g/mol. The molecule has 2 rings (SSSR count). The van der Waals surface area contributed by atoms with E-state index in [9.17, 15) is 4.79 Å². The van der Waals surface area contributed by atoms with E-state index >= 15 is 0 Å². The summed E-state index contributed by atoms with van der Waals surface area (Å²) in [5.41, 5.74) is 0.921. The highest BCUT2D eigenvalue weighted by Crippen LogP contribution is 2.25. The Morgan fingerprint density at radius 1 is 1.38 bits per heavy atom. The minimum Gasteiger partial charge on any atom is -0.497 e. The van der Waals surface area contributed by atoms with E-state index in [1.165, 1.54) is 12.3 Å². The highest BCUT2D eigenvalue weighted by atomic mass is 16.5. The minimum atomic E-state index is -1.00. The van der Waals surface area contributed by atoms with Crippen LogP contribution in [0.3, 0.4) is 0 Å². The van der Waals surface area contributed by atoms with Crippen LogP contribution in [0.2, 0.25) is 0 Å². The molecule has 4 nitrogen and oxygen atoms in total. The second-order valence-corrected chi connectivity index (χ2v) is 3.24. The van der Waals surface area contributed by atoms with Gasteiger partial charge in [-0.1, -0.05) is 12.1 Å². The number of aromatic carboxylic acids is 1. The van der Waals surface area contributed by atoms with Crippen molar-refractivity contribution in [2.24, 2.45) is 0 Å². The molecule has 1 aromatic carbocycles. The summed E-state index contributed by atoms with van der Waals surface area (Å²) in [5.74, 6) is 0.208. The molecule has 2 aromatic rings. The van der Waals surface area contributed by atoms with Gasteiger partial charge in [-0.3, -0.25) is 0 Å². The van der Waals surface area contributed by atoms with E-state index in [0.717, 1.165) is 5.56 Å². The Kier molecular flexibility index (Phi) is 2.64. The Morgan fingerprint density at radius 3 is 2.81 bits per heavy atom. The number of furan rings is 1. The van der Waals surface area contributed by atoms with Crippen LogP contribution in [0.5, 0.6) is 5.75 Å². The van der Waals surface area contributed by atoms with Crippen LogP contribution in [-0.2, 0) is 0 Å². The van der Waals surface area contributed by atoms with E-state index in [1.54, 1.807) is 13.2 Å². The summed E-state index contributed by atoms with van der Waals surface area (Å²) < 4.78 is 10.2. The molecule has 0 atom stereocenters. The van der Waals surface area contributed by atoms with Crippen molar-refractivity contribution in [2.45, 2.75) is 0 Å². The summed E-state index contributed by atoms with van der Waals surface area (Å²) in [7, 11) is 1.57. The van der Waals surface area contributed by atoms with Crippen molar-refractivity contribution in [3.05, 3.63) is 42.2 Å². The zero-order chi connectivity index (χ0) is 11.5. The maximum atomic E-state index is 10.7. The summed E-state index contributed by atoms with van der Waals surface area (Å²) in [4.78, 5) is 10.7. The first-order valence-corrected chi connectivity index (χ1v) is 4.67. The maximum absolute atomic E-state index is 10.7. The fourth-order valence-corrected chi connectivity index (χ4v) is 1.38. The molecule has 0 saturated heterocycles. The van der Waals surface area contributed by atoms with Gasteiger partial charge in [0.15, 0.2) is 0 Å². The summed E-state index contributed by atoms with van der Waals surface area (Å²) in [6, 6.07) is 8.72. The molecule has 82 valence electrons. The third kappa shape index (κ3) is 1.91. The number of ether oxygens (including phenoxy) is 1. The summed E-state index contributed by atoms with van der Waals surface area (Å²) >= 11 is 0. The van der Waals surface area contributed by atoms with Gasteiger partial charge in [0.2, 0.25) is 0 Å². The molecule has 0 amide bonds. The van der Waals surface area contributed by atoms with Crippen molar-refractivity contribution in [2.75, 3.05) is 7.11 Å². The second-order valence-electron chi connectivity index (χ2n) is 3.24. The lowest BCUT2D eigenvalue weighted by Gasteiger charge is -2.00. The van der Waals surface area contributed by atoms with Crippen molar-refractivity contribution < 1.29 is 19.1 Å². The van der Waals surface area contributed by atoms with Gasteiger partial charge in [-0.15, -0.1) is 0 Å². The van der Waals surface area contributed by atoms with Gasteiger partial charge < -0.3 is 14.3 Å². The fourth-order valence-electron chi connectivity index (χ4n) is 1.38. The number of benzene rings is 1. The van der Waals surface area contributed by atoms with Crippen LogP contribution in [-0.4, -0.2) is 18.2 Å². The Hall–Kier alpha value is -2.23. The van der Waals surface area contributed by atoms with E-state index in [-0.39, 0.29) is 5.56 Å². The molecule has 16 heavy (non-hydrogen) atoms. The molecule has 1 aromatic heterocycles. The monoisotopic (exact) mass is 218 g/mol. The SMILES string of the molecule is COc1cccc(-c2cc(C(=O)O)co2)c1. The van der Waals surface area contributed by atoms with Crippen LogP contribution in [0, 0.1) is 0 Å². The first-order chi connectivity index (χ1) is 7.70. The minimum absolute atomic E-state index is 0.137. The standard InChI is InChI=1S/C12H10O4/c1-15-10-4-2-3-8(5-10)11-6-9(7-16-11)12(13)14/h2-7H,1H3,(H,13,14). The van der Waals surface area contributed by atoms with Gasteiger partial charge in [-0.05, 0) is 18.2 Å². The zero-order valence-corrected chi connectivity index (χ0v) is 8.64. The highest BCUT2D eigenvalue weighted by molar-refractivity contribution is 5.88. The summed E-state index contributed by atoms with van der Waals surface area (Å²) in [6.07, 6.45) is 1.22. The van der Waals surface area contributed by atoms with Gasteiger partial charge in [-0.2, -0.15) is 0 Å². The molecule has 0 spiro atoms. The van der Waals surface area contributed by atoms with E-state index < -0.39 is 5.97 Å². The lowest BCUT2D eigenvalue weighted by molar-refractivity contribution is 0.0696. The van der Waals surface area contributed by atoms with E-state index in [1.807, 2.05) is 18.2 Å². The predicted molar refractivity (Wildman–Crippen MR) is 57.7 cm³/mol. The van der Waals surface area contributed by atoms with Crippen LogP contribution in [0.15, 0.2) is 41.0 Å². The number of carbonyl (C=O) groups is 1. The van der Waals surface area contributed by atoms with Crippen LogP contribution >= 0.6 is 0 Å². The Bertz CT molecular complexity index is 513. The van der Waals surface area contributed by atoms with Crippen molar-refractivity contribution in [1.82, 2.24) is 0 Å². The van der Waals surface area contributed by atoms with Crippen LogP contribution in [0.4, 0.5) is 0 Å². The first-order valence-electron chi connectivity index (χ1n) is 4.67. The quantitative estimate of drug-likeness (QED) is 0.860. The Morgan fingerprint density at radius 2 is 2.19 bits per heavy atom. The van der Waals surface area contributed by atoms with Gasteiger partial charge >= 0.3 is 5.97 Å². The molecule has 0 fully saturated rings.